The second-order valence-electron chi connectivity index (χ2n) is 19.0. The summed E-state index contributed by atoms with van der Waals surface area (Å²) in [4.78, 5) is 9.68. The molecule has 0 saturated heterocycles. The third-order valence-corrected chi connectivity index (χ3v) is 16.1. The van der Waals surface area contributed by atoms with E-state index in [0.717, 1.165) is 51.3 Å². The van der Waals surface area contributed by atoms with E-state index in [2.05, 4.69) is 167 Å². The molecule has 0 atom stereocenters. The van der Waals surface area contributed by atoms with Gasteiger partial charge in [0, 0.05) is 49.6 Å². The maximum Gasteiger partial charge on any atom is 0.161 e. The number of nitrogens with zero attached hydrogens (tertiary/aromatic N) is 4. The molecule has 0 N–H and O–H groups in total. The lowest BCUT2D eigenvalue weighted by atomic mass is 9.43. The van der Waals surface area contributed by atoms with Crippen molar-refractivity contribution in [2.75, 3.05) is 0 Å². The zero-order valence-electron chi connectivity index (χ0n) is 34.3. The smallest absolute Gasteiger partial charge is 0.161 e. The Bertz CT molecular complexity index is 3650. The third-order valence-electron chi connectivity index (χ3n) is 16.1. The zero-order chi connectivity index (χ0) is 40.3. The quantitative estimate of drug-likeness (QED) is 0.167. The molecule has 4 fully saturated rings. The lowest BCUT2D eigenvalue weighted by molar-refractivity contribution is -0.0399. The SMILES string of the molecule is c1ccc2c(c1)-c1ccc(-n3c4ccccc4c4cc(-c5ccc6c(c5)c5ccccc5n6-c5c6ccccc6nc6ncccc56)ccc43)cc1C21C2CC3CC(C2)CC1C3. The number of para-hydroxylation sites is 3. The van der Waals surface area contributed by atoms with Crippen LogP contribution in [0.25, 0.3) is 99.2 Å². The van der Waals surface area contributed by atoms with E-state index >= 15 is 0 Å². The zero-order valence-corrected chi connectivity index (χ0v) is 34.3. The Morgan fingerprint density at radius 3 is 1.76 bits per heavy atom. The minimum absolute atomic E-state index is 0.136. The van der Waals surface area contributed by atoms with Crippen LogP contribution in [0.1, 0.15) is 43.2 Å². The van der Waals surface area contributed by atoms with Gasteiger partial charge in [0.1, 0.15) is 0 Å². The Morgan fingerprint density at radius 1 is 0.435 bits per heavy atom. The van der Waals surface area contributed by atoms with Crippen molar-refractivity contribution >= 4 is 65.5 Å². The second-order valence-corrected chi connectivity index (χ2v) is 19.0. The van der Waals surface area contributed by atoms with Crippen LogP contribution in [0, 0.1) is 23.7 Å². The van der Waals surface area contributed by atoms with E-state index in [1.807, 2.05) is 12.3 Å². The van der Waals surface area contributed by atoms with E-state index in [-0.39, 0.29) is 5.41 Å². The summed E-state index contributed by atoms with van der Waals surface area (Å²) >= 11 is 0. The number of pyridine rings is 2. The van der Waals surface area contributed by atoms with Gasteiger partial charge in [0.25, 0.3) is 0 Å². The lowest BCUT2D eigenvalue weighted by Gasteiger charge is -2.61. The molecule has 4 bridgehead atoms. The molecule has 4 nitrogen and oxygen atoms in total. The van der Waals surface area contributed by atoms with Gasteiger partial charge in [0.15, 0.2) is 5.65 Å². The van der Waals surface area contributed by atoms with Gasteiger partial charge in [-0.15, -0.1) is 0 Å². The van der Waals surface area contributed by atoms with E-state index in [4.69, 9.17) is 9.97 Å². The molecule has 11 aromatic rings. The van der Waals surface area contributed by atoms with Crippen LogP contribution < -0.4 is 0 Å². The summed E-state index contributed by atoms with van der Waals surface area (Å²) in [6.07, 6.45) is 8.88. The molecule has 5 aliphatic carbocycles. The van der Waals surface area contributed by atoms with Gasteiger partial charge in [0.05, 0.1) is 33.3 Å². The standard InChI is InChI=1S/C58H42N4/c1-5-15-49-41(10-1)42-22-21-40(33-50(42)58(49)38-27-34-26-35(29-38)30-39(58)28-34)61-52-17-7-3-11-43(52)47-31-36(19-23-54(47)61)37-20-24-55-48(32-37)44-12-4-8-18-53(44)62(55)56-45-13-2-6-16-51(45)60-57-46(56)14-9-25-59-57/h1-25,31-35,38-39H,26-30H2. The monoisotopic (exact) mass is 794 g/mol. The molecule has 16 rings (SSSR count). The van der Waals surface area contributed by atoms with E-state index in [1.165, 1.54) is 104 Å². The van der Waals surface area contributed by atoms with Crippen molar-refractivity contribution in [3.05, 3.63) is 181 Å². The maximum absolute atomic E-state index is 4.96. The van der Waals surface area contributed by atoms with Crippen molar-refractivity contribution < 1.29 is 0 Å². The average Bonchev–Trinajstić information content (AvgIpc) is 3.93. The molecule has 5 aliphatic rings. The summed E-state index contributed by atoms with van der Waals surface area (Å²) < 4.78 is 4.98. The number of fused-ring (bicyclic) bond motifs is 11. The van der Waals surface area contributed by atoms with Crippen LogP contribution in [-0.2, 0) is 5.41 Å². The van der Waals surface area contributed by atoms with Crippen LogP contribution in [0.4, 0.5) is 0 Å². The molecule has 0 unspecified atom stereocenters. The number of hydrogen-bond acceptors (Lipinski definition) is 2. The molecule has 7 aromatic carbocycles. The van der Waals surface area contributed by atoms with Crippen LogP contribution in [0.3, 0.4) is 0 Å². The van der Waals surface area contributed by atoms with E-state index in [0.29, 0.717) is 0 Å². The molecule has 4 aromatic heterocycles. The Hall–Kier alpha value is -7.04. The average molecular weight is 795 g/mol. The van der Waals surface area contributed by atoms with Gasteiger partial charge in [0.2, 0.25) is 0 Å². The van der Waals surface area contributed by atoms with Crippen molar-refractivity contribution in [2.24, 2.45) is 23.7 Å². The number of hydrogen-bond donors (Lipinski definition) is 0. The highest BCUT2D eigenvalue weighted by Gasteiger charge is 2.61. The summed E-state index contributed by atoms with van der Waals surface area (Å²) in [7, 11) is 0. The summed E-state index contributed by atoms with van der Waals surface area (Å²) in [5.74, 6) is 3.33. The van der Waals surface area contributed by atoms with Crippen molar-refractivity contribution in [3.63, 3.8) is 0 Å². The first-order valence-electron chi connectivity index (χ1n) is 22.7. The normalized spacial score (nSPS) is 22.3. The van der Waals surface area contributed by atoms with Crippen LogP contribution in [0.15, 0.2) is 170 Å². The van der Waals surface area contributed by atoms with E-state index in [9.17, 15) is 0 Å². The summed E-state index contributed by atoms with van der Waals surface area (Å²) in [6, 6.07) is 61.6. The van der Waals surface area contributed by atoms with Gasteiger partial charge >= 0.3 is 0 Å². The Labute approximate surface area is 359 Å². The summed E-state index contributed by atoms with van der Waals surface area (Å²) in [5.41, 5.74) is 17.7. The fourth-order valence-electron chi connectivity index (χ4n) is 14.0. The minimum atomic E-state index is 0.136. The highest BCUT2D eigenvalue weighted by Crippen LogP contribution is 2.69. The number of benzene rings is 7. The van der Waals surface area contributed by atoms with Crippen molar-refractivity contribution in [3.8, 4) is 33.6 Å². The van der Waals surface area contributed by atoms with Crippen molar-refractivity contribution in [2.45, 2.75) is 37.5 Å². The number of aromatic nitrogens is 4. The Balaban J connectivity index is 0.908. The highest BCUT2D eigenvalue weighted by molar-refractivity contribution is 6.15. The molecule has 0 amide bonds. The van der Waals surface area contributed by atoms with Crippen molar-refractivity contribution in [1.29, 1.82) is 0 Å². The minimum Gasteiger partial charge on any atom is -0.309 e. The molecule has 4 heterocycles. The van der Waals surface area contributed by atoms with Crippen molar-refractivity contribution in [1.82, 2.24) is 19.1 Å². The van der Waals surface area contributed by atoms with Crippen LogP contribution in [0.2, 0.25) is 0 Å². The fourth-order valence-corrected chi connectivity index (χ4v) is 14.0. The van der Waals surface area contributed by atoms with Crippen LogP contribution in [0.5, 0.6) is 0 Å². The van der Waals surface area contributed by atoms with Gasteiger partial charge < -0.3 is 9.13 Å². The fraction of sp³-hybridized carbons (Fsp3) is 0.172. The molecule has 1 spiro atoms. The Kier molecular flexibility index (Phi) is 6.55. The molecule has 0 aliphatic heterocycles. The Morgan fingerprint density at radius 2 is 1.02 bits per heavy atom. The molecule has 294 valence electrons. The molecule has 0 radical (unpaired) electrons. The largest absolute Gasteiger partial charge is 0.309 e. The van der Waals surface area contributed by atoms with Gasteiger partial charge in [-0.3, -0.25) is 0 Å². The van der Waals surface area contributed by atoms with Gasteiger partial charge in [-0.1, -0.05) is 97.1 Å². The summed E-state index contributed by atoms with van der Waals surface area (Å²) in [6.45, 7) is 0. The predicted molar refractivity (Wildman–Crippen MR) is 254 cm³/mol. The van der Waals surface area contributed by atoms with Gasteiger partial charge in [-0.25, -0.2) is 9.97 Å². The first-order chi connectivity index (χ1) is 30.7. The lowest BCUT2D eigenvalue weighted by Crippen LogP contribution is -2.55. The first-order valence-corrected chi connectivity index (χ1v) is 22.7. The van der Waals surface area contributed by atoms with Crippen LogP contribution in [-0.4, -0.2) is 19.1 Å². The predicted octanol–water partition coefficient (Wildman–Crippen LogP) is 14.4. The highest BCUT2D eigenvalue weighted by atomic mass is 15.0. The molecule has 62 heavy (non-hydrogen) atoms. The molecule has 4 saturated carbocycles. The third kappa shape index (κ3) is 4.27. The molecule has 4 heteroatoms. The first kappa shape index (κ1) is 33.7. The van der Waals surface area contributed by atoms with E-state index in [1.54, 1.807) is 11.1 Å². The topological polar surface area (TPSA) is 35.6 Å². The molecular weight excluding hydrogens is 753 g/mol. The van der Waals surface area contributed by atoms with Crippen LogP contribution >= 0.6 is 0 Å². The number of rotatable bonds is 3. The van der Waals surface area contributed by atoms with E-state index < -0.39 is 0 Å². The summed E-state index contributed by atoms with van der Waals surface area (Å²) in [5, 5.41) is 7.20. The van der Waals surface area contributed by atoms with Gasteiger partial charge in [-0.05, 0) is 156 Å². The van der Waals surface area contributed by atoms with Gasteiger partial charge in [-0.2, -0.15) is 0 Å². The molecular formula is C58H42N4. The maximum atomic E-state index is 4.96. The second kappa shape index (κ2) is 12.1.